The number of hydrogen-bond acceptors (Lipinski definition) is 2. The largest absolute Gasteiger partial charge is 0.349 e. The monoisotopic (exact) mass is 323 g/mol. The highest BCUT2D eigenvalue weighted by Crippen LogP contribution is 2.16. The van der Waals surface area contributed by atoms with Crippen LogP contribution in [0.15, 0.2) is 59.6 Å². The maximum Gasteiger partial charge on any atom is 0.280 e. The Morgan fingerprint density at radius 3 is 1.79 bits per heavy atom. The van der Waals surface area contributed by atoms with Gasteiger partial charge in [0.2, 0.25) is 5.96 Å². The first kappa shape index (κ1) is 17.4. The number of hydrogen-bond donors (Lipinski definition) is 0. The van der Waals surface area contributed by atoms with Crippen molar-refractivity contribution in [3.63, 3.8) is 0 Å². The van der Waals surface area contributed by atoms with Crippen LogP contribution in [0.1, 0.15) is 26.3 Å². The number of aliphatic imine (C=N–C) groups is 1. The van der Waals surface area contributed by atoms with E-state index in [-0.39, 0.29) is 5.78 Å². The molecule has 0 aliphatic rings. The van der Waals surface area contributed by atoms with Crippen LogP contribution in [0.3, 0.4) is 0 Å². The average Bonchev–Trinajstić information content (AvgIpc) is 2.59. The molecule has 124 valence electrons. The van der Waals surface area contributed by atoms with Crippen molar-refractivity contribution in [1.29, 1.82) is 0 Å². The lowest BCUT2D eigenvalue weighted by Crippen LogP contribution is -2.36. The van der Waals surface area contributed by atoms with Gasteiger partial charge in [0.05, 0.1) is 5.56 Å². The second-order valence-electron chi connectivity index (χ2n) is 5.75. The van der Waals surface area contributed by atoms with Gasteiger partial charge in [-0.3, -0.25) is 9.59 Å². The van der Waals surface area contributed by atoms with Crippen molar-refractivity contribution >= 4 is 17.6 Å². The maximum atomic E-state index is 12.7. The minimum Gasteiger partial charge on any atom is -0.349 e. The lowest BCUT2D eigenvalue weighted by molar-refractivity contribution is 0.0980. The average molecular weight is 323 g/mol. The van der Waals surface area contributed by atoms with E-state index in [0.717, 1.165) is 0 Å². The quantitative estimate of drug-likeness (QED) is 0.495. The van der Waals surface area contributed by atoms with Crippen LogP contribution in [-0.2, 0) is 0 Å². The van der Waals surface area contributed by atoms with Gasteiger partial charge in [-0.15, -0.1) is 0 Å². The maximum absolute atomic E-state index is 12.7. The van der Waals surface area contributed by atoms with Crippen LogP contribution in [0.25, 0.3) is 0 Å². The summed E-state index contributed by atoms with van der Waals surface area (Å²) in [6, 6.07) is 15.7. The topological polar surface area (TPSA) is 53.0 Å². The first-order chi connectivity index (χ1) is 11.4. The molecule has 0 spiro atoms. The summed E-state index contributed by atoms with van der Waals surface area (Å²) in [5.74, 6) is -0.111. The molecule has 2 aromatic carbocycles. The lowest BCUT2D eigenvalue weighted by atomic mass is 9.98. The zero-order chi connectivity index (χ0) is 17.7. The third-order valence-corrected chi connectivity index (χ3v) is 3.44. The molecule has 0 saturated carbocycles. The molecule has 24 heavy (non-hydrogen) atoms. The second kappa shape index (κ2) is 7.55. The van der Waals surface area contributed by atoms with Crippen LogP contribution >= 0.6 is 0 Å². The van der Waals surface area contributed by atoms with Gasteiger partial charge in [0.1, 0.15) is 0 Å². The minimum absolute atomic E-state index is 0.189. The summed E-state index contributed by atoms with van der Waals surface area (Å²) >= 11 is 0. The molecule has 2 aromatic rings. The third kappa shape index (κ3) is 3.87. The molecule has 0 bridgehead atoms. The summed E-state index contributed by atoms with van der Waals surface area (Å²) in [6.45, 7) is 0. The standard InChI is InChI=1S/C19H21N3O2/c1-21(2)19(22(3)4)20-18(24)16-13-9-8-12-15(16)17(23)14-10-6-5-7-11-14/h5-13H,1-4H3. The Morgan fingerprint density at radius 1 is 0.750 bits per heavy atom. The van der Waals surface area contributed by atoms with Gasteiger partial charge in [0, 0.05) is 39.3 Å². The van der Waals surface area contributed by atoms with E-state index >= 15 is 0 Å². The molecule has 0 aromatic heterocycles. The molecule has 0 aliphatic carbocycles. The molecule has 2 rings (SSSR count). The van der Waals surface area contributed by atoms with Gasteiger partial charge in [-0.05, 0) is 6.07 Å². The van der Waals surface area contributed by atoms with Gasteiger partial charge < -0.3 is 9.80 Å². The molecule has 0 saturated heterocycles. The lowest BCUT2D eigenvalue weighted by Gasteiger charge is -2.22. The molecule has 0 fully saturated rings. The summed E-state index contributed by atoms with van der Waals surface area (Å²) in [5, 5.41) is 0. The molecule has 0 aliphatic heterocycles. The molecule has 0 atom stereocenters. The van der Waals surface area contributed by atoms with E-state index in [1.807, 2.05) is 34.3 Å². The number of guanidine groups is 1. The second-order valence-corrected chi connectivity index (χ2v) is 5.75. The molecule has 0 N–H and O–H groups in total. The number of benzene rings is 2. The Bertz CT molecular complexity index is 755. The highest BCUT2D eigenvalue weighted by Gasteiger charge is 2.19. The van der Waals surface area contributed by atoms with Crippen LogP contribution in [0.4, 0.5) is 0 Å². The summed E-state index contributed by atoms with van der Waals surface area (Å²) in [5.41, 5.74) is 1.20. The predicted octanol–water partition coefficient (Wildman–Crippen LogP) is 2.54. The fraction of sp³-hybridized carbons (Fsp3) is 0.211. The normalized spacial score (nSPS) is 10.0. The SMILES string of the molecule is CN(C)C(=NC(=O)c1ccccc1C(=O)c1ccccc1)N(C)C. The van der Waals surface area contributed by atoms with Gasteiger partial charge in [0.15, 0.2) is 5.78 Å². The Kier molecular flexibility index (Phi) is 5.47. The highest BCUT2D eigenvalue weighted by atomic mass is 16.1. The Labute approximate surface area is 142 Å². The molecule has 5 nitrogen and oxygen atoms in total. The highest BCUT2D eigenvalue weighted by molar-refractivity contribution is 6.16. The molecular weight excluding hydrogens is 302 g/mol. The van der Waals surface area contributed by atoms with Crippen molar-refractivity contribution in [3.8, 4) is 0 Å². The van der Waals surface area contributed by atoms with Gasteiger partial charge in [-0.25, -0.2) is 0 Å². The van der Waals surface area contributed by atoms with Crippen molar-refractivity contribution in [2.75, 3.05) is 28.2 Å². The van der Waals surface area contributed by atoms with E-state index in [4.69, 9.17) is 0 Å². The van der Waals surface area contributed by atoms with E-state index in [9.17, 15) is 9.59 Å². The third-order valence-electron chi connectivity index (χ3n) is 3.44. The van der Waals surface area contributed by atoms with Crippen molar-refractivity contribution in [2.45, 2.75) is 0 Å². The van der Waals surface area contributed by atoms with Gasteiger partial charge in [0.25, 0.3) is 5.91 Å². The molecule has 0 heterocycles. The minimum atomic E-state index is -0.438. The summed E-state index contributed by atoms with van der Waals surface area (Å²) in [7, 11) is 7.25. The van der Waals surface area contributed by atoms with E-state index in [2.05, 4.69) is 4.99 Å². The van der Waals surface area contributed by atoms with E-state index in [1.54, 1.807) is 58.3 Å². The molecule has 1 amide bonds. The molecular formula is C19H21N3O2. The summed E-state index contributed by atoms with van der Waals surface area (Å²) in [4.78, 5) is 33.0. The number of carbonyl (C=O) groups is 2. The first-order valence-electron chi connectivity index (χ1n) is 7.58. The van der Waals surface area contributed by atoms with Crippen LogP contribution in [0, 0.1) is 0 Å². The number of rotatable bonds is 3. The van der Waals surface area contributed by atoms with E-state index in [0.29, 0.717) is 22.6 Å². The van der Waals surface area contributed by atoms with E-state index in [1.165, 1.54) is 0 Å². The summed E-state index contributed by atoms with van der Waals surface area (Å²) < 4.78 is 0. The van der Waals surface area contributed by atoms with Crippen molar-refractivity contribution in [3.05, 3.63) is 71.3 Å². The van der Waals surface area contributed by atoms with Crippen molar-refractivity contribution < 1.29 is 9.59 Å². The van der Waals surface area contributed by atoms with Crippen LogP contribution in [0.2, 0.25) is 0 Å². The Morgan fingerprint density at radius 2 is 1.25 bits per heavy atom. The summed E-state index contributed by atoms with van der Waals surface area (Å²) in [6.07, 6.45) is 0. The predicted molar refractivity (Wildman–Crippen MR) is 95.5 cm³/mol. The molecule has 0 radical (unpaired) electrons. The van der Waals surface area contributed by atoms with Gasteiger partial charge in [-0.1, -0.05) is 48.5 Å². The smallest absolute Gasteiger partial charge is 0.280 e. The number of nitrogens with zero attached hydrogens (tertiary/aromatic N) is 3. The fourth-order valence-electron chi connectivity index (χ4n) is 2.36. The van der Waals surface area contributed by atoms with Crippen LogP contribution in [0.5, 0.6) is 0 Å². The number of amides is 1. The first-order valence-corrected chi connectivity index (χ1v) is 7.58. The Hall–Kier alpha value is -2.95. The molecule has 5 heteroatoms. The van der Waals surface area contributed by atoms with E-state index < -0.39 is 5.91 Å². The van der Waals surface area contributed by atoms with Gasteiger partial charge in [-0.2, -0.15) is 4.99 Å². The zero-order valence-corrected chi connectivity index (χ0v) is 14.4. The molecule has 0 unspecified atom stereocenters. The number of carbonyl (C=O) groups excluding carboxylic acids is 2. The van der Waals surface area contributed by atoms with Crippen LogP contribution in [-0.4, -0.2) is 55.6 Å². The van der Waals surface area contributed by atoms with Gasteiger partial charge >= 0.3 is 0 Å². The number of ketones is 1. The zero-order valence-electron chi connectivity index (χ0n) is 14.4. The van der Waals surface area contributed by atoms with Crippen molar-refractivity contribution in [1.82, 2.24) is 9.80 Å². The Balaban J connectivity index is 2.44. The van der Waals surface area contributed by atoms with Crippen LogP contribution < -0.4 is 0 Å². The van der Waals surface area contributed by atoms with Crippen molar-refractivity contribution in [2.24, 2.45) is 4.99 Å². The fourth-order valence-corrected chi connectivity index (χ4v) is 2.36.